The van der Waals surface area contributed by atoms with Gasteiger partial charge in [0, 0.05) is 36.7 Å². The standard InChI is InChI=1S/C24H23N5O3/c1-31-24(30)19-4-2-3-5-20(19)26-23-22(27-21-16-25-10-11-29(21)23)17-6-8-18(9-7-17)28-12-14-32-15-13-28/h2-11,16,26H,12-15H2,1H3. The van der Waals surface area contributed by atoms with Gasteiger partial charge < -0.3 is 19.7 Å². The van der Waals surface area contributed by atoms with Crippen molar-refractivity contribution in [2.75, 3.05) is 43.6 Å². The summed E-state index contributed by atoms with van der Waals surface area (Å²) < 4.78 is 12.3. The predicted molar refractivity (Wildman–Crippen MR) is 123 cm³/mol. The van der Waals surface area contributed by atoms with Crippen molar-refractivity contribution >= 4 is 28.8 Å². The Labute approximate surface area is 185 Å². The lowest BCUT2D eigenvalue weighted by atomic mass is 10.1. The number of para-hydroxylation sites is 1. The van der Waals surface area contributed by atoms with E-state index in [2.05, 4.69) is 39.5 Å². The molecule has 0 atom stereocenters. The maximum atomic E-state index is 12.3. The lowest BCUT2D eigenvalue weighted by Crippen LogP contribution is -2.36. The number of carbonyl (C=O) groups excluding carboxylic acids is 1. The third-order valence-electron chi connectivity index (χ3n) is 5.53. The molecule has 1 aliphatic heterocycles. The second kappa shape index (κ2) is 8.68. The van der Waals surface area contributed by atoms with Crippen LogP contribution in [0.4, 0.5) is 17.2 Å². The van der Waals surface area contributed by atoms with E-state index < -0.39 is 5.97 Å². The number of carbonyl (C=O) groups is 1. The molecule has 0 unspecified atom stereocenters. The molecule has 0 saturated carbocycles. The molecule has 5 rings (SSSR count). The molecule has 1 fully saturated rings. The zero-order chi connectivity index (χ0) is 21.9. The fourth-order valence-electron chi connectivity index (χ4n) is 3.89. The van der Waals surface area contributed by atoms with Crippen LogP contribution in [0.2, 0.25) is 0 Å². The third-order valence-corrected chi connectivity index (χ3v) is 5.53. The molecule has 8 heteroatoms. The lowest BCUT2D eigenvalue weighted by Gasteiger charge is -2.28. The second-order valence-electron chi connectivity index (χ2n) is 7.42. The Morgan fingerprint density at radius 3 is 2.66 bits per heavy atom. The minimum atomic E-state index is -0.403. The smallest absolute Gasteiger partial charge is 0.339 e. The summed E-state index contributed by atoms with van der Waals surface area (Å²) in [4.78, 5) is 23.6. The number of hydrogen-bond donors (Lipinski definition) is 1. The quantitative estimate of drug-likeness (QED) is 0.484. The minimum Gasteiger partial charge on any atom is -0.465 e. The number of esters is 1. The number of anilines is 3. The molecule has 0 bridgehead atoms. The number of morpholine rings is 1. The van der Waals surface area contributed by atoms with Gasteiger partial charge >= 0.3 is 5.97 Å². The average molecular weight is 429 g/mol. The summed E-state index contributed by atoms with van der Waals surface area (Å²) in [5.41, 5.74) is 4.69. The van der Waals surface area contributed by atoms with Crippen molar-refractivity contribution in [3.63, 3.8) is 0 Å². The van der Waals surface area contributed by atoms with Gasteiger partial charge in [-0.25, -0.2) is 9.78 Å². The van der Waals surface area contributed by atoms with E-state index in [0.29, 0.717) is 16.9 Å². The van der Waals surface area contributed by atoms with E-state index in [9.17, 15) is 4.79 Å². The molecular formula is C24H23N5O3. The van der Waals surface area contributed by atoms with Crippen molar-refractivity contribution in [2.45, 2.75) is 0 Å². The zero-order valence-corrected chi connectivity index (χ0v) is 17.7. The van der Waals surface area contributed by atoms with Gasteiger partial charge in [0.15, 0.2) is 5.65 Å². The maximum Gasteiger partial charge on any atom is 0.339 e. The molecule has 0 amide bonds. The van der Waals surface area contributed by atoms with E-state index in [1.54, 1.807) is 24.5 Å². The van der Waals surface area contributed by atoms with E-state index in [1.807, 2.05) is 22.7 Å². The van der Waals surface area contributed by atoms with Crippen molar-refractivity contribution in [1.82, 2.24) is 14.4 Å². The topological polar surface area (TPSA) is 81.0 Å². The first-order chi connectivity index (χ1) is 15.7. The molecule has 0 spiro atoms. The van der Waals surface area contributed by atoms with E-state index >= 15 is 0 Å². The van der Waals surface area contributed by atoms with E-state index in [1.165, 1.54) is 7.11 Å². The minimum absolute atomic E-state index is 0.403. The Balaban J connectivity index is 1.55. The molecule has 2 aromatic heterocycles. The summed E-state index contributed by atoms with van der Waals surface area (Å²) in [5, 5.41) is 3.40. The highest BCUT2D eigenvalue weighted by atomic mass is 16.5. The van der Waals surface area contributed by atoms with Crippen molar-refractivity contribution in [3.8, 4) is 11.3 Å². The number of nitrogens with zero attached hydrogens (tertiary/aromatic N) is 4. The fourth-order valence-corrected chi connectivity index (χ4v) is 3.89. The molecule has 8 nitrogen and oxygen atoms in total. The highest BCUT2D eigenvalue weighted by molar-refractivity contribution is 5.97. The first kappa shape index (κ1) is 20.0. The molecule has 1 saturated heterocycles. The molecule has 1 N–H and O–H groups in total. The highest BCUT2D eigenvalue weighted by Crippen LogP contribution is 2.33. The van der Waals surface area contributed by atoms with Gasteiger partial charge in [-0.15, -0.1) is 0 Å². The van der Waals surface area contributed by atoms with Gasteiger partial charge in [0.05, 0.1) is 37.8 Å². The largest absolute Gasteiger partial charge is 0.465 e. The van der Waals surface area contributed by atoms with Crippen LogP contribution in [0.3, 0.4) is 0 Å². The first-order valence-electron chi connectivity index (χ1n) is 10.4. The monoisotopic (exact) mass is 429 g/mol. The lowest BCUT2D eigenvalue weighted by molar-refractivity contribution is 0.0602. The van der Waals surface area contributed by atoms with Crippen molar-refractivity contribution < 1.29 is 14.3 Å². The molecule has 0 aliphatic carbocycles. The van der Waals surface area contributed by atoms with Crippen molar-refractivity contribution in [3.05, 3.63) is 72.7 Å². The van der Waals surface area contributed by atoms with Crippen LogP contribution in [0, 0.1) is 0 Å². The van der Waals surface area contributed by atoms with Crippen LogP contribution in [-0.4, -0.2) is 53.8 Å². The summed E-state index contributed by atoms with van der Waals surface area (Å²) in [6, 6.07) is 15.6. The average Bonchev–Trinajstić information content (AvgIpc) is 3.23. The normalized spacial score (nSPS) is 13.8. The summed E-state index contributed by atoms with van der Waals surface area (Å²) in [7, 11) is 1.38. The van der Waals surface area contributed by atoms with Gasteiger partial charge in [-0.1, -0.05) is 24.3 Å². The Morgan fingerprint density at radius 1 is 1.09 bits per heavy atom. The summed E-state index contributed by atoms with van der Waals surface area (Å²) in [5.74, 6) is 0.345. The molecule has 2 aromatic carbocycles. The van der Waals surface area contributed by atoms with Crippen LogP contribution in [0.15, 0.2) is 67.1 Å². The Kier molecular flexibility index (Phi) is 5.43. The van der Waals surface area contributed by atoms with Crippen LogP contribution in [0.5, 0.6) is 0 Å². The van der Waals surface area contributed by atoms with Gasteiger partial charge in [-0.3, -0.25) is 9.38 Å². The summed E-state index contributed by atoms with van der Waals surface area (Å²) in [6.45, 7) is 3.26. The van der Waals surface area contributed by atoms with Crippen molar-refractivity contribution in [2.24, 2.45) is 0 Å². The van der Waals surface area contributed by atoms with Crippen LogP contribution < -0.4 is 10.2 Å². The van der Waals surface area contributed by atoms with Crippen LogP contribution in [0.1, 0.15) is 10.4 Å². The zero-order valence-electron chi connectivity index (χ0n) is 17.7. The van der Waals surface area contributed by atoms with Crippen molar-refractivity contribution in [1.29, 1.82) is 0 Å². The van der Waals surface area contributed by atoms with Gasteiger partial charge in [-0.2, -0.15) is 0 Å². The number of nitrogens with one attached hydrogen (secondary N) is 1. The number of fused-ring (bicyclic) bond motifs is 1. The summed E-state index contributed by atoms with van der Waals surface area (Å²) in [6.07, 6.45) is 5.26. The Hall–Kier alpha value is -3.91. The van der Waals surface area contributed by atoms with E-state index in [4.69, 9.17) is 14.5 Å². The number of imidazole rings is 1. The van der Waals surface area contributed by atoms with Gasteiger partial charge in [0.25, 0.3) is 0 Å². The molecule has 3 heterocycles. The van der Waals surface area contributed by atoms with Gasteiger partial charge in [0.2, 0.25) is 0 Å². The molecule has 4 aromatic rings. The summed E-state index contributed by atoms with van der Waals surface area (Å²) >= 11 is 0. The fraction of sp³-hybridized carbons (Fsp3) is 0.208. The number of benzene rings is 2. The Morgan fingerprint density at radius 2 is 1.88 bits per heavy atom. The number of rotatable bonds is 5. The number of aromatic nitrogens is 3. The maximum absolute atomic E-state index is 12.3. The second-order valence-corrected chi connectivity index (χ2v) is 7.42. The van der Waals surface area contributed by atoms with Gasteiger partial charge in [0.1, 0.15) is 11.5 Å². The van der Waals surface area contributed by atoms with Gasteiger partial charge in [-0.05, 0) is 24.3 Å². The SMILES string of the molecule is COC(=O)c1ccccc1Nc1c(-c2ccc(N3CCOCC3)cc2)nc2cnccn12. The number of methoxy groups -OCH3 is 1. The van der Waals surface area contributed by atoms with Crippen LogP contribution in [0.25, 0.3) is 16.9 Å². The third kappa shape index (κ3) is 3.76. The molecule has 32 heavy (non-hydrogen) atoms. The predicted octanol–water partition coefficient (Wildman–Crippen LogP) is 3.76. The molecular weight excluding hydrogens is 406 g/mol. The van der Waals surface area contributed by atoms with E-state index in [0.717, 1.165) is 49.1 Å². The number of ether oxygens (including phenoxy) is 2. The molecule has 0 radical (unpaired) electrons. The number of hydrogen-bond acceptors (Lipinski definition) is 7. The first-order valence-corrected chi connectivity index (χ1v) is 10.4. The van der Waals surface area contributed by atoms with Crippen LogP contribution >= 0.6 is 0 Å². The van der Waals surface area contributed by atoms with Crippen LogP contribution in [-0.2, 0) is 9.47 Å². The highest BCUT2D eigenvalue weighted by Gasteiger charge is 2.18. The Bertz CT molecular complexity index is 1250. The molecule has 1 aliphatic rings. The van der Waals surface area contributed by atoms with E-state index in [-0.39, 0.29) is 0 Å². The molecule has 162 valence electrons.